The van der Waals surface area contributed by atoms with Crippen LogP contribution in [0.5, 0.6) is 0 Å². The first kappa shape index (κ1) is 13.2. The van der Waals surface area contributed by atoms with Crippen LogP contribution in [0.3, 0.4) is 0 Å². The molecule has 4 heteroatoms. The summed E-state index contributed by atoms with van der Waals surface area (Å²) in [6, 6.07) is 5.79. The van der Waals surface area contributed by atoms with Crippen LogP contribution in [0, 0.1) is 13.8 Å². The van der Waals surface area contributed by atoms with Crippen molar-refractivity contribution in [2.24, 2.45) is 0 Å². The second kappa shape index (κ2) is 5.29. The summed E-state index contributed by atoms with van der Waals surface area (Å²) < 4.78 is 5.51. The molecule has 2 heterocycles. The highest BCUT2D eigenvalue weighted by Gasteiger charge is 2.17. The first-order chi connectivity index (χ1) is 9.65. The van der Waals surface area contributed by atoms with E-state index in [1.165, 1.54) is 5.56 Å². The highest BCUT2D eigenvalue weighted by atomic mass is 16.5. The molecule has 1 amide bonds. The van der Waals surface area contributed by atoms with Crippen molar-refractivity contribution in [1.29, 1.82) is 0 Å². The SMILES string of the molecule is Cc1[nH]c2ccc(C(=O)NC[C@@H]3CCCO3)cc2c1C. The molecule has 4 nitrogen and oxygen atoms in total. The Morgan fingerprint density at radius 3 is 3.05 bits per heavy atom. The normalized spacial score (nSPS) is 18.6. The molecule has 1 aromatic carbocycles. The fraction of sp³-hybridized carbons (Fsp3) is 0.438. The number of hydrogen-bond donors (Lipinski definition) is 2. The third kappa shape index (κ3) is 2.43. The van der Waals surface area contributed by atoms with Crippen LogP contribution in [-0.4, -0.2) is 30.1 Å². The van der Waals surface area contributed by atoms with E-state index in [0.29, 0.717) is 12.1 Å². The average Bonchev–Trinajstić information content (AvgIpc) is 3.06. The van der Waals surface area contributed by atoms with Crippen LogP contribution in [0.15, 0.2) is 18.2 Å². The maximum Gasteiger partial charge on any atom is 0.251 e. The van der Waals surface area contributed by atoms with Crippen LogP contribution in [0.4, 0.5) is 0 Å². The van der Waals surface area contributed by atoms with Crippen LogP contribution >= 0.6 is 0 Å². The molecule has 0 aliphatic carbocycles. The Hall–Kier alpha value is -1.81. The molecule has 3 rings (SSSR count). The average molecular weight is 272 g/mol. The minimum atomic E-state index is -0.0272. The van der Waals surface area contributed by atoms with E-state index < -0.39 is 0 Å². The Morgan fingerprint density at radius 1 is 1.45 bits per heavy atom. The number of carbonyl (C=O) groups is 1. The van der Waals surface area contributed by atoms with Gasteiger partial charge in [0.1, 0.15) is 0 Å². The van der Waals surface area contributed by atoms with Gasteiger partial charge in [-0.2, -0.15) is 0 Å². The van der Waals surface area contributed by atoms with Gasteiger partial charge in [-0.15, -0.1) is 0 Å². The van der Waals surface area contributed by atoms with Crippen molar-refractivity contribution < 1.29 is 9.53 Å². The van der Waals surface area contributed by atoms with Gasteiger partial charge in [0, 0.05) is 35.3 Å². The lowest BCUT2D eigenvalue weighted by Crippen LogP contribution is -2.31. The van der Waals surface area contributed by atoms with E-state index >= 15 is 0 Å². The standard InChI is InChI=1S/C16H20N2O2/c1-10-11(2)18-15-6-5-12(8-14(10)15)16(19)17-9-13-4-3-7-20-13/h5-6,8,13,18H,3-4,7,9H2,1-2H3,(H,17,19)/t13-/m0/s1. The van der Waals surface area contributed by atoms with E-state index in [9.17, 15) is 4.79 Å². The molecule has 0 saturated carbocycles. The Labute approximate surface area is 118 Å². The van der Waals surface area contributed by atoms with E-state index in [0.717, 1.165) is 36.0 Å². The molecule has 20 heavy (non-hydrogen) atoms. The first-order valence-electron chi connectivity index (χ1n) is 7.14. The number of aromatic amines is 1. The van der Waals surface area contributed by atoms with E-state index in [-0.39, 0.29) is 12.0 Å². The van der Waals surface area contributed by atoms with Crippen molar-refractivity contribution in [3.8, 4) is 0 Å². The number of nitrogens with one attached hydrogen (secondary N) is 2. The maximum atomic E-state index is 12.2. The minimum absolute atomic E-state index is 0.0272. The van der Waals surface area contributed by atoms with Crippen molar-refractivity contribution in [2.45, 2.75) is 32.8 Å². The Bertz CT molecular complexity index is 639. The zero-order valence-corrected chi connectivity index (χ0v) is 12.0. The molecule has 2 aromatic rings. The highest BCUT2D eigenvalue weighted by molar-refractivity contribution is 5.99. The molecule has 1 aliphatic rings. The van der Waals surface area contributed by atoms with Crippen LogP contribution in [0.25, 0.3) is 10.9 Å². The van der Waals surface area contributed by atoms with Gasteiger partial charge in [-0.1, -0.05) is 0 Å². The number of ether oxygens (including phenoxy) is 1. The molecule has 1 fully saturated rings. The quantitative estimate of drug-likeness (QED) is 0.902. The van der Waals surface area contributed by atoms with Gasteiger partial charge in [0.05, 0.1) is 6.10 Å². The van der Waals surface area contributed by atoms with Crippen molar-refractivity contribution in [2.75, 3.05) is 13.2 Å². The topological polar surface area (TPSA) is 54.1 Å². The van der Waals surface area contributed by atoms with E-state index in [2.05, 4.69) is 17.2 Å². The highest BCUT2D eigenvalue weighted by Crippen LogP contribution is 2.22. The molecule has 1 atom stereocenters. The molecule has 0 radical (unpaired) electrons. The fourth-order valence-electron chi connectivity index (χ4n) is 2.72. The lowest BCUT2D eigenvalue weighted by Gasteiger charge is -2.10. The number of aryl methyl sites for hydroxylation is 2. The third-order valence-electron chi connectivity index (χ3n) is 4.08. The molecule has 1 aliphatic heterocycles. The van der Waals surface area contributed by atoms with Gasteiger partial charge in [0.15, 0.2) is 0 Å². The van der Waals surface area contributed by atoms with Crippen LogP contribution < -0.4 is 5.32 Å². The third-order valence-corrected chi connectivity index (χ3v) is 4.08. The number of carbonyl (C=O) groups excluding carboxylic acids is 1. The summed E-state index contributed by atoms with van der Waals surface area (Å²) >= 11 is 0. The van der Waals surface area contributed by atoms with Crippen molar-refractivity contribution in [3.05, 3.63) is 35.0 Å². The molecule has 0 spiro atoms. The number of hydrogen-bond acceptors (Lipinski definition) is 2. The van der Waals surface area contributed by atoms with Gasteiger partial charge in [0.25, 0.3) is 5.91 Å². The van der Waals surface area contributed by atoms with Gasteiger partial charge in [-0.25, -0.2) is 0 Å². The Balaban J connectivity index is 1.75. The predicted molar refractivity (Wildman–Crippen MR) is 79.1 cm³/mol. The largest absolute Gasteiger partial charge is 0.376 e. The zero-order chi connectivity index (χ0) is 14.1. The first-order valence-corrected chi connectivity index (χ1v) is 7.14. The summed E-state index contributed by atoms with van der Waals surface area (Å²) in [6.07, 6.45) is 2.31. The van der Waals surface area contributed by atoms with Crippen LogP contribution in [-0.2, 0) is 4.74 Å². The van der Waals surface area contributed by atoms with Crippen molar-refractivity contribution >= 4 is 16.8 Å². The Kier molecular flexibility index (Phi) is 3.49. The summed E-state index contributed by atoms with van der Waals surface area (Å²) in [5.74, 6) is -0.0272. The molecule has 0 unspecified atom stereocenters. The second-order valence-corrected chi connectivity index (χ2v) is 5.48. The number of rotatable bonds is 3. The molecule has 2 N–H and O–H groups in total. The molecule has 1 aromatic heterocycles. The number of aromatic nitrogens is 1. The number of H-pyrrole nitrogens is 1. The number of benzene rings is 1. The van der Waals surface area contributed by atoms with Crippen LogP contribution in [0.1, 0.15) is 34.5 Å². The summed E-state index contributed by atoms with van der Waals surface area (Å²) in [7, 11) is 0. The van der Waals surface area contributed by atoms with Crippen molar-refractivity contribution in [1.82, 2.24) is 10.3 Å². The van der Waals surface area contributed by atoms with Crippen LogP contribution in [0.2, 0.25) is 0 Å². The number of amides is 1. The zero-order valence-electron chi connectivity index (χ0n) is 12.0. The second-order valence-electron chi connectivity index (χ2n) is 5.48. The predicted octanol–water partition coefficient (Wildman–Crippen LogP) is 2.69. The lowest BCUT2D eigenvalue weighted by atomic mass is 10.1. The molecular formula is C16H20N2O2. The van der Waals surface area contributed by atoms with Crippen molar-refractivity contribution in [3.63, 3.8) is 0 Å². The molecular weight excluding hydrogens is 252 g/mol. The van der Waals surface area contributed by atoms with Gasteiger partial charge in [-0.3, -0.25) is 4.79 Å². The monoisotopic (exact) mass is 272 g/mol. The Morgan fingerprint density at radius 2 is 2.30 bits per heavy atom. The van der Waals surface area contributed by atoms with Gasteiger partial charge in [-0.05, 0) is 50.5 Å². The smallest absolute Gasteiger partial charge is 0.251 e. The van der Waals surface area contributed by atoms with Gasteiger partial charge >= 0.3 is 0 Å². The van der Waals surface area contributed by atoms with E-state index in [4.69, 9.17) is 4.74 Å². The van der Waals surface area contributed by atoms with Gasteiger partial charge < -0.3 is 15.0 Å². The van der Waals surface area contributed by atoms with E-state index in [1.54, 1.807) is 0 Å². The summed E-state index contributed by atoms with van der Waals surface area (Å²) in [4.78, 5) is 15.5. The molecule has 1 saturated heterocycles. The lowest BCUT2D eigenvalue weighted by molar-refractivity contribution is 0.0858. The fourth-order valence-corrected chi connectivity index (χ4v) is 2.72. The maximum absolute atomic E-state index is 12.2. The summed E-state index contributed by atoms with van der Waals surface area (Å²) in [6.45, 7) is 5.53. The summed E-state index contributed by atoms with van der Waals surface area (Å²) in [5, 5.41) is 4.08. The molecule has 106 valence electrons. The van der Waals surface area contributed by atoms with E-state index in [1.807, 2.05) is 25.1 Å². The van der Waals surface area contributed by atoms with Gasteiger partial charge in [0.2, 0.25) is 0 Å². The minimum Gasteiger partial charge on any atom is -0.376 e. The number of fused-ring (bicyclic) bond motifs is 1. The summed E-state index contributed by atoms with van der Waals surface area (Å²) in [5.41, 5.74) is 4.14. The molecule has 0 bridgehead atoms.